The summed E-state index contributed by atoms with van der Waals surface area (Å²) in [6.45, 7) is 0.0608. The first kappa shape index (κ1) is 13.5. The van der Waals surface area contributed by atoms with Crippen LogP contribution in [0.25, 0.3) is 0 Å². The third kappa shape index (κ3) is 2.83. The van der Waals surface area contributed by atoms with Crippen molar-refractivity contribution < 1.29 is 9.53 Å². The normalized spacial score (nSPS) is 13.8. The Hall–Kier alpha value is -1.46. The van der Waals surface area contributed by atoms with Gasteiger partial charge >= 0.3 is 5.97 Å². The van der Waals surface area contributed by atoms with E-state index in [-0.39, 0.29) is 12.6 Å². The second-order valence-corrected chi connectivity index (χ2v) is 6.12. The zero-order chi connectivity index (χ0) is 13.9. The number of aryl methyl sites for hydroxylation is 2. The molecule has 0 saturated heterocycles. The van der Waals surface area contributed by atoms with Gasteiger partial charge in [-0.2, -0.15) is 0 Å². The maximum absolute atomic E-state index is 12.0. The molecule has 20 heavy (non-hydrogen) atoms. The molecule has 0 atom stereocenters. The molecule has 0 radical (unpaired) electrons. The molecule has 1 aromatic carbocycles. The number of benzene rings is 1. The highest BCUT2D eigenvalue weighted by atomic mass is 35.5. The van der Waals surface area contributed by atoms with E-state index < -0.39 is 0 Å². The lowest BCUT2D eigenvalue weighted by molar-refractivity contribution is 0.0467. The third-order valence-electron chi connectivity index (χ3n) is 3.43. The van der Waals surface area contributed by atoms with Gasteiger partial charge in [0.15, 0.2) is 0 Å². The van der Waals surface area contributed by atoms with E-state index in [1.807, 2.05) is 18.2 Å². The van der Waals surface area contributed by atoms with E-state index in [9.17, 15) is 4.79 Å². The summed E-state index contributed by atoms with van der Waals surface area (Å²) in [4.78, 5) is 12.0. The number of ether oxygens (including phenoxy) is 1. The zero-order valence-electron chi connectivity index (χ0n) is 10.8. The second-order valence-electron chi connectivity index (χ2n) is 4.76. The number of esters is 1. The molecule has 104 valence electrons. The van der Waals surface area contributed by atoms with E-state index in [2.05, 4.69) is 9.59 Å². The molecule has 0 aliphatic heterocycles. The molecular weight excluding hydrogens is 296 g/mol. The van der Waals surface area contributed by atoms with Crippen LogP contribution in [-0.4, -0.2) is 15.6 Å². The van der Waals surface area contributed by atoms with Gasteiger partial charge in [0.2, 0.25) is 0 Å². The van der Waals surface area contributed by atoms with E-state index in [0.717, 1.165) is 24.4 Å². The predicted octanol–water partition coefficient (Wildman–Crippen LogP) is 3.43. The fourth-order valence-corrected chi connectivity index (χ4v) is 2.96. The molecule has 0 fully saturated rings. The van der Waals surface area contributed by atoms with Crippen LogP contribution in [-0.2, 0) is 24.2 Å². The van der Waals surface area contributed by atoms with Crippen molar-refractivity contribution in [3.8, 4) is 0 Å². The lowest BCUT2D eigenvalue weighted by Crippen LogP contribution is -2.09. The summed E-state index contributed by atoms with van der Waals surface area (Å²) in [7, 11) is 0. The van der Waals surface area contributed by atoms with Crippen molar-refractivity contribution in [3.63, 3.8) is 0 Å². The number of nitrogens with zero attached hydrogens (tertiary/aromatic N) is 2. The van der Waals surface area contributed by atoms with Crippen LogP contribution in [0.15, 0.2) is 18.2 Å². The van der Waals surface area contributed by atoms with E-state index >= 15 is 0 Å². The molecule has 0 unspecified atom stereocenters. The van der Waals surface area contributed by atoms with Crippen LogP contribution in [0.2, 0.25) is 4.34 Å². The van der Waals surface area contributed by atoms with Gasteiger partial charge in [0, 0.05) is 11.5 Å². The first-order valence-electron chi connectivity index (χ1n) is 6.49. The van der Waals surface area contributed by atoms with Crippen molar-refractivity contribution in [1.82, 2.24) is 9.59 Å². The van der Waals surface area contributed by atoms with Crippen molar-refractivity contribution in [2.75, 3.05) is 0 Å². The summed E-state index contributed by atoms with van der Waals surface area (Å²) in [5, 5.41) is 3.81. The van der Waals surface area contributed by atoms with E-state index in [0.29, 0.717) is 15.6 Å². The van der Waals surface area contributed by atoms with E-state index in [1.54, 1.807) is 0 Å². The van der Waals surface area contributed by atoms with Crippen molar-refractivity contribution in [1.29, 1.82) is 0 Å². The van der Waals surface area contributed by atoms with Crippen LogP contribution in [0.5, 0.6) is 0 Å². The molecule has 1 heterocycles. The highest BCUT2D eigenvalue weighted by molar-refractivity contribution is 7.10. The SMILES string of the molecule is O=C(OCc1nnsc1Cl)c1ccc2c(c1)CCCC2. The Balaban J connectivity index is 1.69. The topological polar surface area (TPSA) is 52.1 Å². The van der Waals surface area contributed by atoms with Crippen molar-refractivity contribution in [3.05, 3.63) is 44.9 Å². The summed E-state index contributed by atoms with van der Waals surface area (Å²) < 4.78 is 9.38. The number of carbonyl (C=O) groups excluding carboxylic acids is 1. The van der Waals surface area contributed by atoms with Crippen molar-refractivity contribution in [2.24, 2.45) is 0 Å². The van der Waals surface area contributed by atoms with Gasteiger partial charge in [0.05, 0.1) is 5.56 Å². The number of rotatable bonds is 3. The number of fused-ring (bicyclic) bond motifs is 1. The summed E-state index contributed by atoms with van der Waals surface area (Å²) in [6.07, 6.45) is 4.56. The first-order valence-corrected chi connectivity index (χ1v) is 7.65. The monoisotopic (exact) mass is 308 g/mol. The van der Waals surface area contributed by atoms with Gasteiger partial charge in [-0.25, -0.2) is 4.79 Å². The Morgan fingerprint density at radius 3 is 2.85 bits per heavy atom. The first-order chi connectivity index (χ1) is 9.74. The quantitative estimate of drug-likeness (QED) is 0.815. The number of aromatic nitrogens is 2. The molecule has 1 aromatic heterocycles. The van der Waals surface area contributed by atoms with Crippen LogP contribution in [0, 0.1) is 0 Å². The molecule has 0 amide bonds. The Morgan fingerprint density at radius 2 is 2.10 bits per heavy atom. The van der Waals surface area contributed by atoms with E-state index in [1.165, 1.54) is 24.0 Å². The van der Waals surface area contributed by atoms with Crippen molar-refractivity contribution in [2.45, 2.75) is 32.3 Å². The highest BCUT2D eigenvalue weighted by Crippen LogP contribution is 2.23. The van der Waals surface area contributed by atoms with Crippen LogP contribution in [0.1, 0.15) is 40.0 Å². The average Bonchev–Trinajstić information content (AvgIpc) is 2.89. The Labute approximate surface area is 125 Å². The average molecular weight is 309 g/mol. The van der Waals surface area contributed by atoms with Gasteiger partial charge < -0.3 is 4.74 Å². The number of hydrogen-bond donors (Lipinski definition) is 0. The molecule has 1 aliphatic carbocycles. The Morgan fingerprint density at radius 1 is 1.30 bits per heavy atom. The van der Waals surface area contributed by atoms with Gasteiger partial charge in [-0.3, -0.25) is 0 Å². The molecule has 0 saturated carbocycles. The molecule has 3 rings (SSSR count). The van der Waals surface area contributed by atoms with Crippen LogP contribution >= 0.6 is 23.1 Å². The van der Waals surface area contributed by atoms with Gasteiger partial charge in [-0.15, -0.1) is 5.10 Å². The number of hydrogen-bond acceptors (Lipinski definition) is 5. The molecule has 0 N–H and O–H groups in total. The minimum absolute atomic E-state index is 0.0608. The summed E-state index contributed by atoms with van der Waals surface area (Å²) >= 11 is 6.95. The largest absolute Gasteiger partial charge is 0.455 e. The Kier molecular flexibility index (Phi) is 3.98. The van der Waals surface area contributed by atoms with Crippen LogP contribution < -0.4 is 0 Å². The highest BCUT2D eigenvalue weighted by Gasteiger charge is 2.15. The van der Waals surface area contributed by atoms with Crippen LogP contribution in [0.3, 0.4) is 0 Å². The second kappa shape index (κ2) is 5.89. The molecule has 0 spiro atoms. The summed E-state index contributed by atoms with van der Waals surface area (Å²) in [6, 6.07) is 5.80. The van der Waals surface area contributed by atoms with Gasteiger partial charge in [-0.05, 0) is 48.9 Å². The lowest BCUT2D eigenvalue weighted by atomic mass is 9.90. The van der Waals surface area contributed by atoms with Gasteiger partial charge in [-0.1, -0.05) is 22.2 Å². The minimum atomic E-state index is -0.345. The molecule has 2 aromatic rings. The molecule has 6 heteroatoms. The molecule has 4 nitrogen and oxygen atoms in total. The maximum atomic E-state index is 12.0. The standard InChI is InChI=1S/C14H13ClN2O2S/c15-13-12(16-17-20-13)8-19-14(18)11-6-5-9-3-1-2-4-10(9)7-11/h5-7H,1-4,8H2. The summed E-state index contributed by atoms with van der Waals surface area (Å²) in [5.74, 6) is -0.345. The van der Waals surface area contributed by atoms with Crippen LogP contribution in [0.4, 0.5) is 0 Å². The van der Waals surface area contributed by atoms with Gasteiger partial charge in [0.25, 0.3) is 0 Å². The summed E-state index contributed by atoms with van der Waals surface area (Å²) in [5.41, 5.74) is 3.70. The number of carbonyl (C=O) groups is 1. The zero-order valence-corrected chi connectivity index (χ0v) is 12.3. The fourth-order valence-electron chi connectivity index (χ4n) is 2.36. The van der Waals surface area contributed by atoms with Gasteiger partial charge in [0.1, 0.15) is 16.6 Å². The Bertz CT molecular complexity index is 642. The molecule has 0 bridgehead atoms. The van der Waals surface area contributed by atoms with Crippen molar-refractivity contribution >= 4 is 29.1 Å². The lowest BCUT2D eigenvalue weighted by Gasteiger charge is -2.16. The molecule has 1 aliphatic rings. The fraction of sp³-hybridized carbons (Fsp3) is 0.357. The van der Waals surface area contributed by atoms with E-state index in [4.69, 9.17) is 16.3 Å². The predicted molar refractivity (Wildman–Crippen MR) is 77.1 cm³/mol. The third-order valence-corrected chi connectivity index (χ3v) is 4.42. The number of halogens is 1. The minimum Gasteiger partial charge on any atom is -0.455 e. The maximum Gasteiger partial charge on any atom is 0.338 e. The smallest absolute Gasteiger partial charge is 0.338 e. The molecular formula is C14H13ClN2O2S.